The number of aromatic nitrogens is 1. The van der Waals surface area contributed by atoms with Crippen LogP contribution in [0, 0.1) is 0 Å². The first-order chi connectivity index (χ1) is 6.40. The molecule has 78 valence electrons. The molecule has 4 nitrogen and oxygen atoms in total. The maximum atomic E-state index is 11.7. The minimum absolute atomic E-state index is 0.0652. The van der Waals surface area contributed by atoms with Crippen molar-refractivity contribution in [2.45, 2.75) is 12.9 Å². The number of nitrogens with two attached hydrogens (primary N) is 1. The van der Waals surface area contributed by atoms with Crippen LogP contribution in [0.5, 0.6) is 5.75 Å². The van der Waals surface area contributed by atoms with Crippen LogP contribution in [0.4, 0.5) is 13.2 Å². The first-order valence-electron chi connectivity index (χ1n) is 3.60. The fraction of sp³-hybridized carbons (Fsp3) is 0.286. The van der Waals surface area contributed by atoms with Crippen LogP contribution in [-0.2, 0) is 6.54 Å². The topological polar surface area (TPSA) is 68.1 Å². The lowest BCUT2D eigenvalue weighted by Crippen LogP contribution is -2.19. The second-order valence-corrected chi connectivity index (χ2v) is 2.46. The average molecular weight is 208 g/mol. The monoisotopic (exact) mass is 208 g/mol. The van der Waals surface area contributed by atoms with Crippen LogP contribution in [0.15, 0.2) is 16.9 Å². The molecule has 0 aliphatic rings. The minimum Gasteiger partial charge on any atom is -0.406 e. The van der Waals surface area contributed by atoms with Crippen LogP contribution in [0.1, 0.15) is 5.69 Å². The van der Waals surface area contributed by atoms with E-state index in [1.54, 1.807) is 0 Å². The van der Waals surface area contributed by atoms with E-state index in [-0.39, 0.29) is 12.2 Å². The molecular formula is C7H7F3N2O2. The Hall–Kier alpha value is -1.50. The highest BCUT2D eigenvalue weighted by Gasteiger charge is 2.31. The molecule has 1 aromatic rings. The molecule has 0 bridgehead atoms. The van der Waals surface area contributed by atoms with Gasteiger partial charge in [0.25, 0.3) is 5.56 Å². The molecule has 1 heterocycles. The number of aromatic amines is 1. The molecular weight excluding hydrogens is 201 g/mol. The Bertz CT molecular complexity index is 372. The number of halogens is 3. The second-order valence-electron chi connectivity index (χ2n) is 2.46. The van der Waals surface area contributed by atoms with Crippen molar-refractivity contribution >= 4 is 0 Å². The Morgan fingerprint density at radius 3 is 2.57 bits per heavy atom. The van der Waals surface area contributed by atoms with Gasteiger partial charge in [-0.3, -0.25) is 4.79 Å². The van der Waals surface area contributed by atoms with Crippen molar-refractivity contribution in [2.24, 2.45) is 5.73 Å². The fourth-order valence-corrected chi connectivity index (χ4v) is 0.876. The van der Waals surface area contributed by atoms with E-state index in [1.165, 1.54) is 0 Å². The molecule has 0 saturated carbocycles. The van der Waals surface area contributed by atoms with Gasteiger partial charge in [0.05, 0.1) is 0 Å². The van der Waals surface area contributed by atoms with E-state index in [1.807, 2.05) is 0 Å². The Kier molecular flexibility index (Phi) is 2.80. The Morgan fingerprint density at radius 1 is 1.43 bits per heavy atom. The Balaban J connectivity index is 2.98. The van der Waals surface area contributed by atoms with Gasteiger partial charge in [-0.15, -0.1) is 13.2 Å². The normalized spacial score (nSPS) is 11.4. The van der Waals surface area contributed by atoms with Crippen LogP contribution in [0.25, 0.3) is 0 Å². The fourth-order valence-electron chi connectivity index (χ4n) is 0.876. The molecule has 0 aliphatic carbocycles. The summed E-state index contributed by atoms with van der Waals surface area (Å²) in [6.45, 7) is -0.0652. The summed E-state index contributed by atoms with van der Waals surface area (Å²) in [6, 6.07) is 1.72. The molecule has 1 rings (SSSR count). The Morgan fingerprint density at radius 2 is 2.07 bits per heavy atom. The summed E-state index contributed by atoms with van der Waals surface area (Å²) >= 11 is 0. The summed E-state index contributed by atoms with van der Waals surface area (Å²) in [4.78, 5) is 13.1. The van der Waals surface area contributed by atoms with Crippen molar-refractivity contribution in [2.75, 3.05) is 0 Å². The molecule has 0 fully saturated rings. The lowest BCUT2D eigenvalue weighted by Gasteiger charge is -2.08. The molecule has 0 unspecified atom stereocenters. The maximum Gasteiger partial charge on any atom is 0.573 e. The van der Waals surface area contributed by atoms with Gasteiger partial charge in [0.1, 0.15) is 5.75 Å². The Labute approximate surface area is 76.5 Å². The largest absolute Gasteiger partial charge is 0.573 e. The summed E-state index contributed by atoms with van der Waals surface area (Å²) in [5.74, 6) is -0.568. The molecule has 0 saturated heterocycles. The highest BCUT2D eigenvalue weighted by molar-refractivity contribution is 5.22. The maximum absolute atomic E-state index is 11.7. The van der Waals surface area contributed by atoms with E-state index >= 15 is 0 Å². The molecule has 0 spiro atoms. The molecule has 0 atom stereocenters. The smallest absolute Gasteiger partial charge is 0.406 e. The second kappa shape index (κ2) is 3.70. The number of hydrogen-bond donors (Lipinski definition) is 2. The third kappa shape index (κ3) is 3.09. The van der Waals surface area contributed by atoms with Gasteiger partial charge >= 0.3 is 6.36 Å². The average Bonchev–Trinajstić information content (AvgIpc) is 1.99. The molecule has 14 heavy (non-hydrogen) atoms. The highest BCUT2D eigenvalue weighted by Crippen LogP contribution is 2.21. The SMILES string of the molecule is NCc1cc(OC(F)(F)F)cc(=O)[nH]1. The van der Waals surface area contributed by atoms with Gasteiger partial charge < -0.3 is 15.5 Å². The third-order valence-electron chi connectivity index (χ3n) is 1.33. The van der Waals surface area contributed by atoms with Crippen LogP contribution < -0.4 is 16.0 Å². The van der Waals surface area contributed by atoms with E-state index in [0.29, 0.717) is 6.07 Å². The third-order valence-corrected chi connectivity index (χ3v) is 1.33. The summed E-state index contributed by atoms with van der Waals surface area (Å²) in [5.41, 5.74) is 4.63. The van der Waals surface area contributed by atoms with E-state index in [2.05, 4.69) is 9.72 Å². The van der Waals surface area contributed by atoms with Crippen molar-refractivity contribution in [1.82, 2.24) is 4.98 Å². The molecule has 0 aliphatic heterocycles. The first-order valence-corrected chi connectivity index (χ1v) is 3.60. The van der Waals surface area contributed by atoms with Gasteiger partial charge in [-0.05, 0) is 0 Å². The van der Waals surface area contributed by atoms with Crippen molar-refractivity contribution in [3.63, 3.8) is 0 Å². The number of alkyl halides is 3. The predicted octanol–water partition coefficient (Wildman–Crippen LogP) is 0.732. The van der Waals surface area contributed by atoms with E-state index in [4.69, 9.17) is 5.73 Å². The van der Waals surface area contributed by atoms with Gasteiger partial charge in [0.15, 0.2) is 0 Å². The van der Waals surface area contributed by atoms with Crippen molar-refractivity contribution in [3.8, 4) is 5.75 Å². The highest BCUT2D eigenvalue weighted by atomic mass is 19.4. The lowest BCUT2D eigenvalue weighted by atomic mass is 10.3. The zero-order valence-corrected chi connectivity index (χ0v) is 6.89. The molecule has 1 aromatic heterocycles. The zero-order valence-electron chi connectivity index (χ0n) is 6.89. The molecule has 0 aromatic carbocycles. The standard InChI is InChI=1S/C7H7F3N2O2/c8-7(9,10)14-5-1-4(3-11)12-6(13)2-5/h1-2H,3,11H2,(H,12,13). The lowest BCUT2D eigenvalue weighted by molar-refractivity contribution is -0.274. The van der Waals surface area contributed by atoms with Crippen LogP contribution >= 0.6 is 0 Å². The van der Waals surface area contributed by atoms with E-state index < -0.39 is 17.7 Å². The minimum atomic E-state index is -4.81. The number of nitrogens with one attached hydrogen (secondary N) is 1. The van der Waals surface area contributed by atoms with E-state index in [9.17, 15) is 18.0 Å². The number of H-pyrrole nitrogens is 1. The quantitative estimate of drug-likeness (QED) is 0.752. The van der Waals surface area contributed by atoms with Crippen LogP contribution in [-0.4, -0.2) is 11.3 Å². The molecule has 7 heteroatoms. The van der Waals surface area contributed by atoms with Crippen LogP contribution in [0.3, 0.4) is 0 Å². The van der Waals surface area contributed by atoms with Gasteiger partial charge in [-0.2, -0.15) is 0 Å². The molecule has 3 N–H and O–H groups in total. The zero-order chi connectivity index (χ0) is 10.8. The number of rotatable bonds is 2. The number of pyridine rings is 1. The van der Waals surface area contributed by atoms with Crippen molar-refractivity contribution in [1.29, 1.82) is 0 Å². The number of ether oxygens (including phenoxy) is 1. The van der Waals surface area contributed by atoms with Gasteiger partial charge in [0, 0.05) is 24.4 Å². The molecule has 0 radical (unpaired) electrons. The van der Waals surface area contributed by atoms with Crippen molar-refractivity contribution < 1.29 is 17.9 Å². The first kappa shape index (κ1) is 10.6. The molecule has 0 amide bonds. The predicted molar refractivity (Wildman–Crippen MR) is 41.6 cm³/mol. The summed E-state index contributed by atoms with van der Waals surface area (Å²) in [7, 11) is 0. The van der Waals surface area contributed by atoms with Crippen molar-refractivity contribution in [3.05, 3.63) is 28.2 Å². The summed E-state index contributed by atoms with van der Waals surface area (Å²) in [6.07, 6.45) is -4.81. The van der Waals surface area contributed by atoms with Gasteiger partial charge in [-0.25, -0.2) is 0 Å². The van der Waals surface area contributed by atoms with Gasteiger partial charge in [-0.1, -0.05) is 0 Å². The van der Waals surface area contributed by atoms with Gasteiger partial charge in [0.2, 0.25) is 0 Å². The number of hydrogen-bond acceptors (Lipinski definition) is 3. The summed E-state index contributed by atoms with van der Waals surface area (Å²) in [5, 5.41) is 0. The van der Waals surface area contributed by atoms with Crippen LogP contribution in [0.2, 0.25) is 0 Å². The summed E-state index contributed by atoms with van der Waals surface area (Å²) < 4.78 is 38.8. The van der Waals surface area contributed by atoms with E-state index in [0.717, 1.165) is 6.07 Å².